The second kappa shape index (κ2) is 2.89. The highest BCUT2D eigenvalue weighted by atomic mass is 15.0. The minimum atomic E-state index is 1.22. The van der Waals surface area contributed by atoms with E-state index < -0.39 is 0 Å². The van der Waals surface area contributed by atoms with Crippen molar-refractivity contribution in [1.82, 2.24) is 0 Å². The number of pyridine rings is 1. The predicted molar refractivity (Wildman–Crippen MR) is 49.0 cm³/mol. The zero-order valence-electron chi connectivity index (χ0n) is 7.93. The van der Waals surface area contributed by atoms with Crippen LogP contribution in [0.4, 0.5) is 0 Å². The molecule has 1 nitrogen and oxygen atoms in total. The normalized spacial score (nSPS) is 15.8. The maximum absolute atomic E-state index is 2.45. The lowest BCUT2D eigenvalue weighted by Gasteiger charge is -2.12. The summed E-state index contributed by atoms with van der Waals surface area (Å²) in [6.45, 7) is 5.62. The minimum Gasteiger partial charge on any atom is -0.200 e. The lowest BCUT2D eigenvalue weighted by atomic mass is 10.1. The van der Waals surface area contributed by atoms with Crippen LogP contribution in [0.15, 0.2) is 12.1 Å². The number of fused-ring (bicyclic) bond motifs is 1. The van der Waals surface area contributed by atoms with Crippen LogP contribution in [-0.4, -0.2) is 0 Å². The first kappa shape index (κ1) is 7.78. The monoisotopic (exact) mass is 162 g/mol. The fourth-order valence-electron chi connectivity index (χ4n) is 2.12. The molecule has 0 saturated heterocycles. The van der Waals surface area contributed by atoms with Crippen LogP contribution in [0.3, 0.4) is 0 Å². The van der Waals surface area contributed by atoms with Crippen LogP contribution < -0.4 is 4.57 Å². The Morgan fingerprint density at radius 3 is 2.83 bits per heavy atom. The summed E-state index contributed by atoms with van der Waals surface area (Å²) >= 11 is 0. The molecule has 0 N–H and O–H groups in total. The van der Waals surface area contributed by atoms with E-state index in [2.05, 4.69) is 30.5 Å². The van der Waals surface area contributed by atoms with Gasteiger partial charge < -0.3 is 0 Å². The van der Waals surface area contributed by atoms with Crippen LogP contribution >= 0.6 is 0 Å². The van der Waals surface area contributed by atoms with Gasteiger partial charge in [-0.1, -0.05) is 0 Å². The Hall–Kier alpha value is -0.850. The molecule has 0 aromatic carbocycles. The number of aryl methyl sites for hydroxylation is 3. The van der Waals surface area contributed by atoms with E-state index >= 15 is 0 Å². The van der Waals surface area contributed by atoms with Gasteiger partial charge in [0.25, 0.3) is 0 Å². The highest BCUT2D eigenvalue weighted by Gasteiger charge is 2.18. The third kappa shape index (κ3) is 1.24. The van der Waals surface area contributed by atoms with Crippen molar-refractivity contribution in [2.75, 3.05) is 0 Å². The Morgan fingerprint density at radius 2 is 2.00 bits per heavy atom. The summed E-state index contributed by atoms with van der Waals surface area (Å²) in [5.74, 6) is 0. The van der Waals surface area contributed by atoms with E-state index in [4.69, 9.17) is 0 Å². The Labute approximate surface area is 74.0 Å². The fourth-order valence-corrected chi connectivity index (χ4v) is 2.12. The highest BCUT2D eigenvalue weighted by molar-refractivity contribution is 5.14. The van der Waals surface area contributed by atoms with Crippen molar-refractivity contribution in [2.45, 2.75) is 39.7 Å². The number of nitrogens with zero attached hydrogens (tertiary/aromatic N) is 1. The molecule has 1 aliphatic rings. The third-order valence-electron chi connectivity index (χ3n) is 2.67. The number of aromatic nitrogens is 1. The lowest BCUT2D eigenvalue weighted by molar-refractivity contribution is -0.715. The summed E-state index contributed by atoms with van der Waals surface area (Å²) in [4.78, 5) is 0. The molecule has 0 unspecified atom stereocenters. The van der Waals surface area contributed by atoms with Gasteiger partial charge in [-0.3, -0.25) is 0 Å². The smallest absolute Gasteiger partial charge is 0.181 e. The van der Waals surface area contributed by atoms with Crippen LogP contribution in [0.25, 0.3) is 0 Å². The molecule has 0 spiro atoms. The van der Waals surface area contributed by atoms with Crippen molar-refractivity contribution in [3.05, 3.63) is 29.1 Å². The average Bonchev–Trinajstić information content (AvgIpc) is 2.04. The van der Waals surface area contributed by atoms with E-state index in [1.165, 1.54) is 42.8 Å². The first-order valence-electron chi connectivity index (χ1n) is 4.77. The molecule has 2 rings (SSSR count). The Bertz CT molecular complexity index is 302. The lowest BCUT2D eigenvalue weighted by Crippen LogP contribution is -2.44. The molecule has 1 heteroatoms. The quantitative estimate of drug-likeness (QED) is 0.513. The topological polar surface area (TPSA) is 3.88 Å². The van der Waals surface area contributed by atoms with Crippen LogP contribution in [0.5, 0.6) is 0 Å². The average molecular weight is 162 g/mol. The summed E-state index contributed by atoms with van der Waals surface area (Å²) in [7, 11) is 0. The minimum absolute atomic E-state index is 1.22. The van der Waals surface area contributed by atoms with Gasteiger partial charge in [0.05, 0.1) is 0 Å². The molecule has 0 radical (unpaired) electrons. The van der Waals surface area contributed by atoms with E-state index in [-0.39, 0.29) is 0 Å². The Kier molecular flexibility index (Phi) is 1.87. The van der Waals surface area contributed by atoms with Gasteiger partial charge in [-0.15, -0.1) is 0 Å². The van der Waals surface area contributed by atoms with E-state index in [1.807, 2.05) is 0 Å². The van der Waals surface area contributed by atoms with Crippen molar-refractivity contribution in [3.63, 3.8) is 0 Å². The first-order valence-corrected chi connectivity index (χ1v) is 4.77. The molecule has 0 saturated carbocycles. The summed E-state index contributed by atoms with van der Waals surface area (Å²) < 4.78 is 2.45. The molecule has 0 bridgehead atoms. The zero-order chi connectivity index (χ0) is 8.55. The maximum Gasteiger partial charge on any atom is 0.181 e. The fraction of sp³-hybridized carbons (Fsp3) is 0.545. The number of rotatable bonds is 0. The summed E-state index contributed by atoms with van der Waals surface area (Å²) in [5, 5.41) is 0. The van der Waals surface area contributed by atoms with Crippen LogP contribution in [0.2, 0.25) is 0 Å². The summed E-state index contributed by atoms with van der Waals surface area (Å²) in [6, 6.07) is 4.60. The largest absolute Gasteiger partial charge is 0.200 e. The predicted octanol–water partition coefficient (Wildman–Crippen LogP) is 1.93. The van der Waals surface area contributed by atoms with Crippen molar-refractivity contribution >= 4 is 0 Å². The van der Waals surface area contributed by atoms with E-state index in [0.717, 1.165) is 0 Å². The first-order chi connectivity index (χ1) is 5.77. The van der Waals surface area contributed by atoms with Gasteiger partial charge >= 0.3 is 0 Å². The molecule has 1 aromatic heterocycles. The highest BCUT2D eigenvalue weighted by Crippen LogP contribution is 2.10. The molecule has 0 atom stereocenters. The van der Waals surface area contributed by atoms with Gasteiger partial charge in [0, 0.05) is 31.9 Å². The van der Waals surface area contributed by atoms with E-state index in [1.54, 1.807) is 0 Å². The van der Waals surface area contributed by atoms with Gasteiger partial charge in [-0.05, 0) is 18.9 Å². The Morgan fingerprint density at radius 1 is 1.17 bits per heavy atom. The maximum atomic E-state index is 2.45. The molecule has 0 fully saturated rings. The van der Waals surface area contributed by atoms with Crippen molar-refractivity contribution in [3.8, 4) is 0 Å². The molecule has 0 aliphatic carbocycles. The van der Waals surface area contributed by atoms with E-state index in [9.17, 15) is 0 Å². The third-order valence-corrected chi connectivity index (χ3v) is 2.67. The standard InChI is InChI=1S/C11H16N/c1-9-7-10(2)12-6-4-3-5-11(12)8-9/h7-8H,3-6H2,1-2H3/q+1. The van der Waals surface area contributed by atoms with Gasteiger partial charge in [-0.2, -0.15) is 0 Å². The van der Waals surface area contributed by atoms with Gasteiger partial charge in [-0.25, -0.2) is 4.57 Å². The summed E-state index contributed by atoms with van der Waals surface area (Å²) in [5.41, 5.74) is 4.35. The van der Waals surface area contributed by atoms with Gasteiger partial charge in [0.1, 0.15) is 6.54 Å². The van der Waals surface area contributed by atoms with Crippen molar-refractivity contribution in [1.29, 1.82) is 0 Å². The Balaban J connectivity index is 2.53. The molecule has 1 aromatic rings. The van der Waals surface area contributed by atoms with E-state index in [0.29, 0.717) is 0 Å². The SMILES string of the molecule is Cc1cc(C)[n+]2c(c1)CCCC2. The van der Waals surface area contributed by atoms with Crippen molar-refractivity contribution in [2.24, 2.45) is 0 Å². The molecule has 2 heterocycles. The molecular formula is C11H16N+. The van der Waals surface area contributed by atoms with Crippen LogP contribution in [0, 0.1) is 13.8 Å². The number of hydrogen-bond acceptors (Lipinski definition) is 0. The van der Waals surface area contributed by atoms with Crippen LogP contribution in [0.1, 0.15) is 29.8 Å². The van der Waals surface area contributed by atoms with Crippen molar-refractivity contribution < 1.29 is 4.57 Å². The number of hydrogen-bond donors (Lipinski definition) is 0. The second-order valence-electron chi connectivity index (χ2n) is 3.77. The van der Waals surface area contributed by atoms with Crippen LogP contribution in [-0.2, 0) is 13.0 Å². The molecule has 12 heavy (non-hydrogen) atoms. The molecular weight excluding hydrogens is 146 g/mol. The molecule has 0 amide bonds. The molecule has 1 aliphatic heterocycles. The summed E-state index contributed by atoms with van der Waals surface area (Å²) in [6.07, 6.45) is 3.98. The van der Waals surface area contributed by atoms with Gasteiger partial charge in [0.15, 0.2) is 11.4 Å². The molecule has 64 valence electrons. The van der Waals surface area contributed by atoms with Gasteiger partial charge in [0.2, 0.25) is 0 Å². The second-order valence-corrected chi connectivity index (χ2v) is 3.77. The zero-order valence-corrected chi connectivity index (χ0v) is 7.93.